The van der Waals surface area contributed by atoms with Crippen molar-refractivity contribution in [3.8, 4) is 5.75 Å². The summed E-state index contributed by atoms with van der Waals surface area (Å²) < 4.78 is 6.18. The largest absolute Gasteiger partial charge is 0.488 e. The molecule has 2 atom stereocenters. The van der Waals surface area contributed by atoms with Crippen LogP contribution in [0, 0.1) is 0 Å². The molecule has 2 unspecified atom stereocenters. The summed E-state index contributed by atoms with van der Waals surface area (Å²) in [5, 5.41) is 3.50. The van der Waals surface area contributed by atoms with E-state index in [0.717, 1.165) is 12.2 Å². The van der Waals surface area contributed by atoms with E-state index in [2.05, 4.69) is 42.7 Å². The average molecular weight is 271 g/mol. The summed E-state index contributed by atoms with van der Waals surface area (Å²) in [4.78, 5) is 0. The monoisotopic (exact) mass is 271 g/mol. The van der Waals surface area contributed by atoms with E-state index in [-0.39, 0.29) is 6.10 Å². The summed E-state index contributed by atoms with van der Waals surface area (Å²) in [5.41, 5.74) is 2.91. The minimum atomic E-state index is 0.253. The summed E-state index contributed by atoms with van der Waals surface area (Å²) in [5.74, 6) is 1.07. The van der Waals surface area contributed by atoms with Gasteiger partial charge in [0.25, 0.3) is 0 Å². The lowest BCUT2D eigenvalue weighted by molar-refractivity contribution is 0.195. The topological polar surface area (TPSA) is 21.3 Å². The van der Waals surface area contributed by atoms with Gasteiger partial charge in [-0.1, -0.05) is 42.7 Å². The Bertz CT molecular complexity index is 455. The van der Waals surface area contributed by atoms with Crippen LogP contribution in [0.4, 0.5) is 0 Å². The standard InChI is InChI=1S/C18H25NO/c1-19-18(14-9-5-3-2-4-6-10-14)17-13-15-11-7-8-12-16(15)20-17/h7-9,11-12,17-19H,2-6,10,13H2,1H3/b14-9+. The number of hydrogen-bond donors (Lipinski definition) is 1. The van der Waals surface area contributed by atoms with E-state index < -0.39 is 0 Å². The molecule has 3 rings (SSSR count). The minimum Gasteiger partial charge on any atom is -0.488 e. The molecule has 1 heterocycles. The van der Waals surface area contributed by atoms with E-state index in [0.29, 0.717) is 6.04 Å². The second-order valence-corrected chi connectivity index (χ2v) is 5.97. The van der Waals surface area contributed by atoms with Gasteiger partial charge in [0.05, 0.1) is 6.04 Å². The number of rotatable bonds is 3. The zero-order valence-corrected chi connectivity index (χ0v) is 12.4. The zero-order valence-electron chi connectivity index (χ0n) is 12.4. The maximum atomic E-state index is 6.18. The molecule has 0 saturated heterocycles. The third kappa shape index (κ3) is 2.90. The lowest BCUT2D eigenvalue weighted by atomic mass is 9.90. The number of fused-ring (bicyclic) bond motifs is 1. The van der Waals surface area contributed by atoms with Crippen molar-refractivity contribution in [2.75, 3.05) is 7.05 Å². The number of ether oxygens (including phenoxy) is 1. The SMILES string of the molecule is CNC(/C1=C/CCCCCC1)C1Cc2ccccc2O1. The Hall–Kier alpha value is -1.28. The van der Waals surface area contributed by atoms with E-state index in [9.17, 15) is 0 Å². The Kier molecular flexibility index (Phi) is 4.41. The van der Waals surface area contributed by atoms with Gasteiger partial charge in [-0.3, -0.25) is 0 Å². The summed E-state index contributed by atoms with van der Waals surface area (Å²) in [6.07, 6.45) is 11.6. The first kappa shape index (κ1) is 13.7. The minimum absolute atomic E-state index is 0.253. The molecule has 0 fully saturated rings. The Morgan fingerprint density at radius 2 is 2.00 bits per heavy atom. The van der Waals surface area contributed by atoms with Crippen LogP contribution in [0.5, 0.6) is 5.75 Å². The summed E-state index contributed by atoms with van der Waals surface area (Å²) in [6.45, 7) is 0. The second kappa shape index (κ2) is 6.45. The van der Waals surface area contributed by atoms with Crippen molar-refractivity contribution in [2.45, 2.75) is 57.1 Å². The van der Waals surface area contributed by atoms with Crippen LogP contribution in [0.25, 0.3) is 0 Å². The van der Waals surface area contributed by atoms with Gasteiger partial charge in [0.15, 0.2) is 0 Å². The van der Waals surface area contributed by atoms with Crippen LogP contribution >= 0.6 is 0 Å². The van der Waals surface area contributed by atoms with E-state index in [1.807, 2.05) is 0 Å². The highest BCUT2D eigenvalue weighted by Gasteiger charge is 2.31. The van der Waals surface area contributed by atoms with Gasteiger partial charge in [0.2, 0.25) is 0 Å². The normalized spacial score (nSPS) is 26.6. The second-order valence-electron chi connectivity index (χ2n) is 5.97. The predicted octanol–water partition coefficient (Wildman–Crippen LogP) is 3.86. The van der Waals surface area contributed by atoms with Crippen LogP contribution in [0.15, 0.2) is 35.9 Å². The highest BCUT2D eigenvalue weighted by Crippen LogP contribution is 2.32. The van der Waals surface area contributed by atoms with Crippen LogP contribution in [0.1, 0.15) is 44.1 Å². The fourth-order valence-corrected chi connectivity index (χ4v) is 3.50. The molecule has 0 radical (unpaired) electrons. The molecule has 1 N–H and O–H groups in total. The van der Waals surface area contributed by atoms with Gasteiger partial charge in [0, 0.05) is 6.42 Å². The van der Waals surface area contributed by atoms with Gasteiger partial charge < -0.3 is 10.1 Å². The first-order valence-corrected chi connectivity index (χ1v) is 7.99. The summed E-state index contributed by atoms with van der Waals surface area (Å²) in [7, 11) is 2.07. The zero-order chi connectivity index (χ0) is 13.8. The molecule has 1 aliphatic heterocycles. The number of benzene rings is 1. The van der Waals surface area contributed by atoms with Gasteiger partial charge in [0.1, 0.15) is 11.9 Å². The number of hydrogen-bond acceptors (Lipinski definition) is 2. The van der Waals surface area contributed by atoms with Crippen molar-refractivity contribution in [3.05, 3.63) is 41.5 Å². The lowest BCUT2D eigenvalue weighted by Crippen LogP contribution is -2.42. The predicted molar refractivity (Wildman–Crippen MR) is 83.2 cm³/mol. The quantitative estimate of drug-likeness (QED) is 0.843. The fraction of sp³-hybridized carbons (Fsp3) is 0.556. The first-order valence-electron chi connectivity index (χ1n) is 7.99. The molecule has 2 aliphatic rings. The van der Waals surface area contributed by atoms with Crippen molar-refractivity contribution in [3.63, 3.8) is 0 Å². The smallest absolute Gasteiger partial charge is 0.123 e. The van der Waals surface area contributed by atoms with E-state index in [4.69, 9.17) is 4.74 Å². The van der Waals surface area contributed by atoms with Crippen molar-refractivity contribution < 1.29 is 4.74 Å². The highest BCUT2D eigenvalue weighted by atomic mass is 16.5. The van der Waals surface area contributed by atoms with Crippen LogP contribution in [-0.4, -0.2) is 19.2 Å². The molecule has 0 aromatic heterocycles. The van der Waals surface area contributed by atoms with Crippen LogP contribution < -0.4 is 10.1 Å². The van der Waals surface area contributed by atoms with Crippen LogP contribution in [0.2, 0.25) is 0 Å². The number of allylic oxidation sites excluding steroid dienone is 1. The van der Waals surface area contributed by atoms with Crippen molar-refractivity contribution in [1.82, 2.24) is 5.32 Å². The summed E-state index contributed by atoms with van der Waals surface area (Å²) >= 11 is 0. The molecule has 0 amide bonds. The van der Waals surface area contributed by atoms with E-state index >= 15 is 0 Å². The Balaban J connectivity index is 1.74. The molecule has 20 heavy (non-hydrogen) atoms. The molecule has 1 aromatic carbocycles. The average Bonchev–Trinajstić information content (AvgIpc) is 2.85. The lowest BCUT2D eigenvalue weighted by Gasteiger charge is -2.27. The summed E-state index contributed by atoms with van der Waals surface area (Å²) in [6, 6.07) is 8.81. The molecule has 2 heteroatoms. The van der Waals surface area contributed by atoms with Crippen molar-refractivity contribution in [2.24, 2.45) is 0 Å². The van der Waals surface area contributed by atoms with Crippen molar-refractivity contribution >= 4 is 0 Å². The maximum absolute atomic E-state index is 6.18. The van der Waals surface area contributed by atoms with Gasteiger partial charge in [-0.15, -0.1) is 0 Å². The number of nitrogens with one attached hydrogen (secondary N) is 1. The van der Waals surface area contributed by atoms with Crippen LogP contribution in [-0.2, 0) is 6.42 Å². The Morgan fingerprint density at radius 3 is 2.85 bits per heavy atom. The molecule has 1 aliphatic carbocycles. The molecule has 0 saturated carbocycles. The molecular formula is C18H25NO. The van der Waals surface area contributed by atoms with Gasteiger partial charge in [-0.05, 0) is 44.4 Å². The fourth-order valence-electron chi connectivity index (χ4n) is 3.50. The molecule has 1 aromatic rings. The number of para-hydroxylation sites is 1. The van der Waals surface area contributed by atoms with Gasteiger partial charge >= 0.3 is 0 Å². The third-order valence-electron chi connectivity index (χ3n) is 4.58. The highest BCUT2D eigenvalue weighted by molar-refractivity contribution is 5.38. The molecular weight excluding hydrogens is 246 g/mol. The first-order chi connectivity index (χ1) is 9.88. The third-order valence-corrected chi connectivity index (χ3v) is 4.58. The Morgan fingerprint density at radius 1 is 1.15 bits per heavy atom. The molecule has 0 bridgehead atoms. The van der Waals surface area contributed by atoms with Gasteiger partial charge in [-0.25, -0.2) is 0 Å². The van der Waals surface area contributed by atoms with E-state index in [1.165, 1.54) is 44.1 Å². The molecule has 108 valence electrons. The van der Waals surface area contributed by atoms with Gasteiger partial charge in [-0.2, -0.15) is 0 Å². The van der Waals surface area contributed by atoms with E-state index in [1.54, 1.807) is 5.57 Å². The number of likely N-dealkylation sites (N-methyl/N-ethyl adjacent to an activating group) is 1. The molecule has 2 nitrogen and oxygen atoms in total. The van der Waals surface area contributed by atoms with Crippen molar-refractivity contribution in [1.29, 1.82) is 0 Å². The molecule has 0 spiro atoms. The maximum Gasteiger partial charge on any atom is 0.123 e. The Labute approximate surface area is 122 Å². The van der Waals surface area contributed by atoms with Crippen LogP contribution in [0.3, 0.4) is 0 Å².